The Hall–Kier alpha value is -1.89. The van der Waals surface area contributed by atoms with Gasteiger partial charge in [-0.3, -0.25) is 9.59 Å². The van der Waals surface area contributed by atoms with Gasteiger partial charge in [0.25, 0.3) is 5.56 Å². The van der Waals surface area contributed by atoms with Crippen LogP contribution >= 0.6 is 0 Å². The SMILES string of the molecule is CNCCNc1cnn(CC(=O)NC(C)C)c(=O)c1. The van der Waals surface area contributed by atoms with Crippen LogP contribution in [0.25, 0.3) is 0 Å². The van der Waals surface area contributed by atoms with E-state index >= 15 is 0 Å². The van der Waals surface area contributed by atoms with Crippen molar-refractivity contribution in [2.75, 3.05) is 25.5 Å². The van der Waals surface area contributed by atoms with Crippen molar-refractivity contribution in [3.8, 4) is 0 Å². The van der Waals surface area contributed by atoms with E-state index in [-0.39, 0.29) is 24.1 Å². The van der Waals surface area contributed by atoms with E-state index in [9.17, 15) is 9.59 Å². The number of hydrogen-bond donors (Lipinski definition) is 3. The highest BCUT2D eigenvalue weighted by atomic mass is 16.2. The van der Waals surface area contributed by atoms with Crippen LogP contribution in [0.1, 0.15) is 13.8 Å². The minimum atomic E-state index is -0.298. The molecule has 1 heterocycles. The largest absolute Gasteiger partial charge is 0.382 e. The van der Waals surface area contributed by atoms with E-state index in [1.165, 1.54) is 6.07 Å². The summed E-state index contributed by atoms with van der Waals surface area (Å²) in [4.78, 5) is 23.3. The number of amides is 1. The predicted octanol–water partition coefficient (Wildman–Crippen LogP) is -0.601. The molecule has 0 fully saturated rings. The molecule has 0 aliphatic rings. The van der Waals surface area contributed by atoms with Crippen molar-refractivity contribution in [2.24, 2.45) is 0 Å². The summed E-state index contributed by atoms with van der Waals surface area (Å²) in [6.45, 7) is 5.16. The minimum absolute atomic E-state index is 0.0469. The summed E-state index contributed by atoms with van der Waals surface area (Å²) in [6, 6.07) is 1.48. The van der Waals surface area contributed by atoms with Crippen LogP contribution in [0.4, 0.5) is 5.69 Å². The van der Waals surface area contributed by atoms with Gasteiger partial charge in [0, 0.05) is 25.2 Å². The molecule has 0 aliphatic heterocycles. The molecule has 3 N–H and O–H groups in total. The third-order valence-corrected chi connectivity index (χ3v) is 2.32. The fourth-order valence-electron chi connectivity index (χ4n) is 1.48. The van der Waals surface area contributed by atoms with Gasteiger partial charge in [-0.2, -0.15) is 5.10 Å². The summed E-state index contributed by atoms with van der Waals surface area (Å²) in [6.07, 6.45) is 1.54. The van der Waals surface area contributed by atoms with E-state index in [4.69, 9.17) is 0 Å². The fraction of sp³-hybridized carbons (Fsp3) is 0.583. The van der Waals surface area contributed by atoms with Gasteiger partial charge in [-0.05, 0) is 20.9 Å². The Morgan fingerprint density at radius 1 is 1.42 bits per heavy atom. The molecule has 106 valence electrons. The number of nitrogens with one attached hydrogen (secondary N) is 3. The number of carbonyl (C=O) groups excluding carboxylic acids is 1. The normalized spacial score (nSPS) is 10.5. The van der Waals surface area contributed by atoms with Gasteiger partial charge in [0.1, 0.15) is 6.54 Å². The summed E-state index contributed by atoms with van der Waals surface area (Å²) in [5.41, 5.74) is 0.356. The molecule has 7 nitrogen and oxygen atoms in total. The zero-order chi connectivity index (χ0) is 14.3. The number of rotatable bonds is 7. The van der Waals surface area contributed by atoms with Crippen molar-refractivity contribution in [3.63, 3.8) is 0 Å². The van der Waals surface area contributed by atoms with Gasteiger partial charge < -0.3 is 16.0 Å². The Kier molecular flexibility index (Phi) is 6.01. The molecule has 0 bridgehead atoms. The molecule has 19 heavy (non-hydrogen) atoms. The second-order valence-corrected chi connectivity index (χ2v) is 4.49. The van der Waals surface area contributed by atoms with Crippen LogP contribution in [-0.2, 0) is 11.3 Å². The van der Waals surface area contributed by atoms with E-state index in [0.717, 1.165) is 11.2 Å². The highest BCUT2D eigenvalue weighted by Gasteiger charge is 2.07. The number of hydrogen-bond acceptors (Lipinski definition) is 5. The van der Waals surface area contributed by atoms with Gasteiger partial charge in [0.2, 0.25) is 5.91 Å². The molecule has 0 aliphatic carbocycles. The van der Waals surface area contributed by atoms with Gasteiger partial charge in [-0.15, -0.1) is 0 Å². The molecule has 7 heteroatoms. The molecule has 0 saturated carbocycles. The van der Waals surface area contributed by atoms with Crippen LogP contribution in [0.2, 0.25) is 0 Å². The molecule has 1 rings (SSSR count). The summed E-state index contributed by atoms with van der Waals surface area (Å²) in [7, 11) is 1.85. The van der Waals surface area contributed by atoms with E-state index < -0.39 is 0 Å². The lowest BCUT2D eigenvalue weighted by atomic mass is 10.4. The van der Waals surface area contributed by atoms with E-state index in [1.807, 2.05) is 20.9 Å². The second-order valence-electron chi connectivity index (χ2n) is 4.49. The van der Waals surface area contributed by atoms with Crippen molar-refractivity contribution in [1.82, 2.24) is 20.4 Å². The summed E-state index contributed by atoms with van der Waals surface area (Å²) in [5, 5.41) is 12.7. The molecule has 1 amide bonds. The maximum Gasteiger partial charge on any atom is 0.269 e. The van der Waals surface area contributed by atoms with Gasteiger partial charge in [0.05, 0.1) is 11.9 Å². The van der Waals surface area contributed by atoms with Crippen molar-refractivity contribution < 1.29 is 4.79 Å². The molecule has 0 unspecified atom stereocenters. The zero-order valence-corrected chi connectivity index (χ0v) is 11.6. The lowest BCUT2D eigenvalue weighted by molar-refractivity contribution is -0.122. The molecular formula is C12H21N5O2. The van der Waals surface area contributed by atoms with Crippen LogP contribution < -0.4 is 21.5 Å². The van der Waals surface area contributed by atoms with E-state index in [0.29, 0.717) is 12.2 Å². The first-order valence-electron chi connectivity index (χ1n) is 6.28. The average Bonchev–Trinajstić information content (AvgIpc) is 2.32. The van der Waals surface area contributed by atoms with Crippen LogP contribution in [0, 0.1) is 0 Å². The molecule has 0 aromatic carbocycles. The number of nitrogens with zero attached hydrogens (tertiary/aromatic N) is 2. The van der Waals surface area contributed by atoms with Crippen LogP contribution in [0.3, 0.4) is 0 Å². The second kappa shape index (κ2) is 7.52. The first-order chi connectivity index (χ1) is 9.02. The van der Waals surface area contributed by atoms with Gasteiger partial charge in [-0.1, -0.05) is 0 Å². The molecular weight excluding hydrogens is 246 g/mol. The molecule has 1 aromatic rings. The Morgan fingerprint density at radius 2 is 2.16 bits per heavy atom. The van der Waals surface area contributed by atoms with Crippen molar-refractivity contribution in [1.29, 1.82) is 0 Å². The Labute approximate surface area is 112 Å². The third-order valence-electron chi connectivity index (χ3n) is 2.32. The van der Waals surface area contributed by atoms with Crippen LogP contribution in [0.15, 0.2) is 17.1 Å². The third kappa shape index (κ3) is 5.52. The number of aromatic nitrogens is 2. The quantitative estimate of drug-likeness (QED) is 0.574. The maximum absolute atomic E-state index is 11.8. The van der Waals surface area contributed by atoms with Crippen LogP contribution in [-0.4, -0.2) is 41.9 Å². The topological polar surface area (TPSA) is 88.1 Å². The number of anilines is 1. The first kappa shape index (κ1) is 15.2. The standard InChI is InChI=1S/C12H21N5O2/c1-9(2)16-11(18)8-17-12(19)6-10(7-15-17)14-5-4-13-3/h6-7,9,13-14H,4-5,8H2,1-3H3,(H,16,18). The van der Waals surface area contributed by atoms with Gasteiger partial charge in [0.15, 0.2) is 0 Å². The van der Waals surface area contributed by atoms with Crippen molar-refractivity contribution in [3.05, 3.63) is 22.6 Å². The molecule has 0 radical (unpaired) electrons. The minimum Gasteiger partial charge on any atom is -0.382 e. The first-order valence-corrected chi connectivity index (χ1v) is 6.28. The van der Waals surface area contributed by atoms with Gasteiger partial charge in [-0.25, -0.2) is 4.68 Å². The Bertz CT molecular complexity index is 469. The molecule has 0 spiro atoms. The van der Waals surface area contributed by atoms with E-state index in [2.05, 4.69) is 21.0 Å². The van der Waals surface area contributed by atoms with Gasteiger partial charge >= 0.3 is 0 Å². The van der Waals surface area contributed by atoms with Crippen molar-refractivity contribution in [2.45, 2.75) is 26.4 Å². The number of likely N-dealkylation sites (N-methyl/N-ethyl adjacent to an activating group) is 1. The monoisotopic (exact) mass is 267 g/mol. The Morgan fingerprint density at radius 3 is 2.74 bits per heavy atom. The summed E-state index contributed by atoms with van der Waals surface area (Å²) >= 11 is 0. The maximum atomic E-state index is 11.8. The fourth-order valence-corrected chi connectivity index (χ4v) is 1.48. The lowest BCUT2D eigenvalue weighted by Gasteiger charge is -2.10. The zero-order valence-electron chi connectivity index (χ0n) is 11.6. The van der Waals surface area contributed by atoms with E-state index in [1.54, 1.807) is 6.20 Å². The summed E-state index contributed by atoms with van der Waals surface area (Å²) < 4.78 is 1.14. The highest BCUT2D eigenvalue weighted by Crippen LogP contribution is 1.98. The Balaban J connectivity index is 2.62. The predicted molar refractivity (Wildman–Crippen MR) is 74.2 cm³/mol. The molecule has 0 atom stereocenters. The van der Waals surface area contributed by atoms with Crippen LogP contribution in [0.5, 0.6) is 0 Å². The molecule has 1 aromatic heterocycles. The smallest absolute Gasteiger partial charge is 0.269 e. The highest BCUT2D eigenvalue weighted by molar-refractivity contribution is 5.75. The summed E-state index contributed by atoms with van der Waals surface area (Å²) in [5.74, 6) is -0.222. The number of carbonyl (C=O) groups is 1. The average molecular weight is 267 g/mol. The molecule has 0 saturated heterocycles. The lowest BCUT2D eigenvalue weighted by Crippen LogP contribution is -2.36. The van der Waals surface area contributed by atoms with Crippen molar-refractivity contribution >= 4 is 11.6 Å².